The predicted octanol–water partition coefficient (Wildman–Crippen LogP) is 1.69. The first-order chi connectivity index (χ1) is 8.65. The molecule has 1 N–H and O–H groups in total. The van der Waals surface area contributed by atoms with Crippen molar-refractivity contribution in [3.05, 3.63) is 29.3 Å². The minimum absolute atomic E-state index is 0.273. The molecule has 4 heteroatoms. The third-order valence-electron chi connectivity index (χ3n) is 2.96. The molecule has 0 fully saturated rings. The number of hydrogen-bond acceptors (Lipinski definition) is 2. The predicted molar refractivity (Wildman–Crippen MR) is 67.5 cm³/mol. The molecule has 0 aliphatic carbocycles. The minimum Gasteiger partial charge on any atom is -0.478 e. The van der Waals surface area contributed by atoms with E-state index in [1.807, 2.05) is 0 Å². The molecule has 0 aromatic heterocycles. The maximum Gasteiger partial charge on any atom is 0.336 e. The van der Waals surface area contributed by atoms with Crippen LogP contribution in [0.1, 0.15) is 29.3 Å². The molecule has 0 unspecified atom stereocenters. The number of carboxylic acids is 1. The average Bonchev–Trinajstić information content (AvgIpc) is 2.37. The van der Waals surface area contributed by atoms with Gasteiger partial charge in [0.25, 0.3) is 0 Å². The van der Waals surface area contributed by atoms with E-state index < -0.39 is 5.97 Å². The number of benzene rings is 1. The first kappa shape index (κ1) is 12.2. The molecule has 92 valence electrons. The summed E-state index contributed by atoms with van der Waals surface area (Å²) in [4.78, 5) is 24.5. The van der Waals surface area contributed by atoms with Crippen LogP contribution in [-0.2, 0) is 11.2 Å². The van der Waals surface area contributed by atoms with E-state index in [1.165, 1.54) is 0 Å². The smallest absolute Gasteiger partial charge is 0.336 e. The van der Waals surface area contributed by atoms with E-state index in [2.05, 4.69) is 11.8 Å². The highest BCUT2D eigenvalue weighted by atomic mass is 16.4. The molecule has 1 aliphatic heterocycles. The number of anilines is 1. The van der Waals surface area contributed by atoms with Crippen LogP contribution in [0.15, 0.2) is 18.2 Å². The van der Waals surface area contributed by atoms with E-state index in [4.69, 9.17) is 5.11 Å². The SMILES string of the molecule is CC#CC(=O)N1CCCc2c(C(=O)O)cccc21. The van der Waals surface area contributed by atoms with Crippen LogP contribution in [0.25, 0.3) is 0 Å². The number of nitrogens with zero attached hydrogens (tertiary/aromatic N) is 1. The first-order valence-corrected chi connectivity index (χ1v) is 5.74. The van der Waals surface area contributed by atoms with Crippen molar-refractivity contribution < 1.29 is 14.7 Å². The molecule has 18 heavy (non-hydrogen) atoms. The molecule has 0 bridgehead atoms. The van der Waals surface area contributed by atoms with E-state index in [0.717, 1.165) is 12.0 Å². The zero-order chi connectivity index (χ0) is 13.1. The molecule has 0 saturated heterocycles. The molecule has 1 aromatic carbocycles. The highest BCUT2D eigenvalue weighted by Crippen LogP contribution is 2.29. The lowest BCUT2D eigenvalue weighted by atomic mass is 9.96. The molecule has 0 spiro atoms. The first-order valence-electron chi connectivity index (χ1n) is 5.74. The van der Waals surface area contributed by atoms with Crippen molar-refractivity contribution in [2.75, 3.05) is 11.4 Å². The van der Waals surface area contributed by atoms with Gasteiger partial charge >= 0.3 is 11.9 Å². The lowest BCUT2D eigenvalue weighted by molar-refractivity contribution is -0.113. The van der Waals surface area contributed by atoms with Crippen LogP contribution in [0.4, 0.5) is 5.69 Å². The van der Waals surface area contributed by atoms with Crippen molar-refractivity contribution in [3.63, 3.8) is 0 Å². The molecule has 0 radical (unpaired) electrons. The minimum atomic E-state index is -0.956. The van der Waals surface area contributed by atoms with Crippen LogP contribution >= 0.6 is 0 Å². The molecule has 1 aliphatic rings. The third kappa shape index (κ3) is 2.07. The lowest BCUT2D eigenvalue weighted by Gasteiger charge is -2.28. The van der Waals surface area contributed by atoms with Gasteiger partial charge in [-0.25, -0.2) is 4.79 Å². The second kappa shape index (κ2) is 4.92. The Morgan fingerprint density at radius 1 is 1.39 bits per heavy atom. The van der Waals surface area contributed by atoms with Crippen molar-refractivity contribution in [2.45, 2.75) is 19.8 Å². The standard InChI is InChI=1S/C14H13NO3/c1-2-5-13(16)15-9-4-7-10-11(14(17)18)6-3-8-12(10)15/h3,6,8H,4,7,9H2,1H3,(H,17,18). The number of carbonyl (C=O) groups excluding carboxylic acids is 1. The van der Waals surface area contributed by atoms with E-state index >= 15 is 0 Å². The highest BCUT2D eigenvalue weighted by Gasteiger charge is 2.24. The molecular weight excluding hydrogens is 230 g/mol. The van der Waals surface area contributed by atoms with Crippen LogP contribution in [0.2, 0.25) is 0 Å². The summed E-state index contributed by atoms with van der Waals surface area (Å²) >= 11 is 0. The van der Waals surface area contributed by atoms with Crippen LogP contribution in [0.5, 0.6) is 0 Å². The Morgan fingerprint density at radius 2 is 2.17 bits per heavy atom. The molecule has 4 nitrogen and oxygen atoms in total. The number of rotatable bonds is 1. The zero-order valence-electron chi connectivity index (χ0n) is 10.1. The van der Waals surface area contributed by atoms with Crippen molar-refractivity contribution in [1.29, 1.82) is 0 Å². The number of carboxylic acid groups (broad SMARTS) is 1. The van der Waals surface area contributed by atoms with Gasteiger partial charge in [-0.1, -0.05) is 12.0 Å². The van der Waals surface area contributed by atoms with Gasteiger partial charge in [0.15, 0.2) is 0 Å². The second-order valence-corrected chi connectivity index (χ2v) is 4.04. The van der Waals surface area contributed by atoms with Gasteiger partial charge in [0, 0.05) is 12.2 Å². The Balaban J connectivity index is 2.49. The highest BCUT2D eigenvalue weighted by molar-refractivity contribution is 6.07. The van der Waals surface area contributed by atoms with E-state index in [-0.39, 0.29) is 11.5 Å². The number of carbonyl (C=O) groups is 2. The monoisotopic (exact) mass is 243 g/mol. The maximum atomic E-state index is 11.8. The third-order valence-corrected chi connectivity index (χ3v) is 2.96. The molecule has 0 atom stereocenters. The zero-order valence-corrected chi connectivity index (χ0v) is 10.1. The Labute approximate surface area is 105 Å². The quantitative estimate of drug-likeness (QED) is 0.763. The fourth-order valence-electron chi connectivity index (χ4n) is 2.21. The van der Waals surface area contributed by atoms with E-state index in [1.54, 1.807) is 30.0 Å². The van der Waals surface area contributed by atoms with Gasteiger partial charge in [-0.3, -0.25) is 4.79 Å². The number of aromatic carboxylic acids is 1. The second-order valence-electron chi connectivity index (χ2n) is 4.04. The Bertz CT molecular complexity index is 566. The van der Waals surface area contributed by atoms with Gasteiger partial charge in [-0.2, -0.15) is 0 Å². The van der Waals surface area contributed by atoms with Crippen molar-refractivity contribution in [1.82, 2.24) is 0 Å². The fourth-order valence-corrected chi connectivity index (χ4v) is 2.21. The van der Waals surface area contributed by atoms with E-state index in [9.17, 15) is 9.59 Å². The summed E-state index contributed by atoms with van der Waals surface area (Å²) in [6.07, 6.45) is 1.44. The molecule has 0 saturated carbocycles. The largest absolute Gasteiger partial charge is 0.478 e. The molecule has 1 heterocycles. The summed E-state index contributed by atoms with van der Waals surface area (Å²) in [6.45, 7) is 2.19. The van der Waals surface area contributed by atoms with Crippen LogP contribution in [-0.4, -0.2) is 23.5 Å². The molecule has 2 rings (SSSR count). The normalized spacial score (nSPS) is 13.3. The maximum absolute atomic E-state index is 11.8. The number of fused-ring (bicyclic) bond motifs is 1. The van der Waals surface area contributed by atoms with Crippen molar-refractivity contribution in [2.24, 2.45) is 0 Å². The summed E-state index contributed by atoms with van der Waals surface area (Å²) in [5, 5.41) is 9.14. The lowest BCUT2D eigenvalue weighted by Crippen LogP contribution is -2.35. The summed E-state index contributed by atoms with van der Waals surface area (Å²) in [5.41, 5.74) is 1.67. The topological polar surface area (TPSA) is 57.6 Å². The number of hydrogen-bond donors (Lipinski definition) is 1. The summed E-state index contributed by atoms with van der Waals surface area (Å²) in [7, 11) is 0. The molecule has 1 aromatic rings. The van der Waals surface area contributed by atoms with Gasteiger partial charge in [-0.15, -0.1) is 0 Å². The fraction of sp³-hybridized carbons (Fsp3) is 0.286. The van der Waals surface area contributed by atoms with Crippen LogP contribution < -0.4 is 4.90 Å². The van der Waals surface area contributed by atoms with Crippen LogP contribution in [0, 0.1) is 11.8 Å². The van der Waals surface area contributed by atoms with Gasteiger partial charge in [-0.05, 0) is 43.4 Å². The summed E-state index contributed by atoms with van der Waals surface area (Å²) in [6, 6.07) is 5.00. The molecule has 1 amide bonds. The van der Waals surface area contributed by atoms with E-state index in [0.29, 0.717) is 18.7 Å². The molecular formula is C14H13NO3. The van der Waals surface area contributed by atoms with Gasteiger partial charge < -0.3 is 10.0 Å². The summed E-state index contributed by atoms with van der Waals surface area (Å²) in [5.74, 6) is 3.84. The average molecular weight is 243 g/mol. The van der Waals surface area contributed by atoms with Gasteiger partial charge in [0.1, 0.15) is 0 Å². The Kier molecular flexibility index (Phi) is 3.33. The Morgan fingerprint density at radius 3 is 2.83 bits per heavy atom. The summed E-state index contributed by atoms with van der Waals surface area (Å²) < 4.78 is 0. The van der Waals surface area contributed by atoms with Gasteiger partial charge in [0.2, 0.25) is 0 Å². The number of amides is 1. The van der Waals surface area contributed by atoms with Crippen LogP contribution in [0.3, 0.4) is 0 Å². The van der Waals surface area contributed by atoms with Gasteiger partial charge in [0.05, 0.1) is 5.56 Å². The van der Waals surface area contributed by atoms with Crippen molar-refractivity contribution in [3.8, 4) is 11.8 Å². The van der Waals surface area contributed by atoms with Crippen molar-refractivity contribution >= 4 is 17.6 Å². The Hall–Kier alpha value is -2.28.